The van der Waals surface area contributed by atoms with Crippen LogP contribution in [0.25, 0.3) is 0 Å². The highest BCUT2D eigenvalue weighted by Crippen LogP contribution is 2.23. The van der Waals surface area contributed by atoms with Crippen LogP contribution in [-0.2, 0) is 14.3 Å². The first kappa shape index (κ1) is 16.2. The number of cyclic esters (lactones) is 1. The highest BCUT2D eigenvalue weighted by Gasteiger charge is 2.36. The van der Waals surface area contributed by atoms with Gasteiger partial charge in [-0.05, 0) is 24.3 Å². The number of carboxylic acid groups (broad SMARTS) is 1. The number of carbonyl (C=O) groups excluding carboxylic acids is 1. The second-order valence-corrected chi connectivity index (χ2v) is 5.82. The third-order valence-electron chi connectivity index (χ3n) is 4.01. The van der Waals surface area contributed by atoms with E-state index in [1.165, 1.54) is 0 Å². The summed E-state index contributed by atoms with van der Waals surface area (Å²) in [6.07, 6.45) is -0.717. The summed E-state index contributed by atoms with van der Waals surface area (Å²) in [5.41, 5.74) is 1.24. The molecule has 0 radical (unpaired) electrons. The van der Waals surface area contributed by atoms with E-state index in [2.05, 4.69) is 4.90 Å². The highest BCUT2D eigenvalue weighted by atomic mass is 16.6. The molecule has 24 heavy (non-hydrogen) atoms. The van der Waals surface area contributed by atoms with Crippen molar-refractivity contribution in [2.45, 2.75) is 12.2 Å². The Morgan fingerprint density at radius 1 is 1.33 bits per heavy atom. The summed E-state index contributed by atoms with van der Waals surface area (Å²) >= 11 is 0. The number of hydrogen-bond acceptors (Lipinski definition) is 6. The number of anilines is 1. The fourth-order valence-corrected chi connectivity index (χ4v) is 2.80. The standard InChI is InChI=1S/C16H17N3O5/c17-5-11-1-3-12(4-2-11)19-9-14(24-16(19)22)8-18-6-13(7-18)23-10-15(20)21/h1-4,13-14H,6-10H2,(H,20,21). The Morgan fingerprint density at radius 3 is 2.67 bits per heavy atom. The molecule has 1 aromatic carbocycles. The second-order valence-electron chi connectivity index (χ2n) is 5.82. The number of carbonyl (C=O) groups is 2. The molecule has 1 aromatic rings. The van der Waals surface area contributed by atoms with E-state index in [0.29, 0.717) is 37.4 Å². The lowest BCUT2D eigenvalue weighted by Crippen LogP contribution is -2.55. The van der Waals surface area contributed by atoms with Gasteiger partial charge in [0.25, 0.3) is 0 Å². The molecule has 126 valence electrons. The molecular weight excluding hydrogens is 314 g/mol. The first-order valence-corrected chi connectivity index (χ1v) is 7.59. The molecule has 3 rings (SSSR count). The van der Waals surface area contributed by atoms with E-state index in [9.17, 15) is 9.59 Å². The van der Waals surface area contributed by atoms with Crippen LogP contribution in [0.15, 0.2) is 24.3 Å². The average Bonchev–Trinajstić information content (AvgIpc) is 2.90. The Labute approximate surface area is 138 Å². The number of hydrogen-bond donors (Lipinski definition) is 1. The molecule has 2 heterocycles. The van der Waals surface area contributed by atoms with E-state index in [-0.39, 0.29) is 18.8 Å². The zero-order chi connectivity index (χ0) is 17.1. The zero-order valence-corrected chi connectivity index (χ0v) is 12.9. The van der Waals surface area contributed by atoms with Crippen molar-refractivity contribution in [2.75, 3.05) is 37.7 Å². The summed E-state index contributed by atoms with van der Waals surface area (Å²) in [7, 11) is 0. The number of ether oxygens (including phenoxy) is 2. The molecule has 0 saturated carbocycles. The lowest BCUT2D eigenvalue weighted by Gasteiger charge is -2.39. The van der Waals surface area contributed by atoms with Gasteiger partial charge in [0.2, 0.25) is 0 Å². The minimum absolute atomic E-state index is 0.0761. The van der Waals surface area contributed by atoms with Gasteiger partial charge in [-0.1, -0.05) is 0 Å². The summed E-state index contributed by atoms with van der Waals surface area (Å²) in [4.78, 5) is 26.0. The molecule has 1 amide bonds. The average molecular weight is 331 g/mol. The summed E-state index contributed by atoms with van der Waals surface area (Å²) in [5.74, 6) is -0.976. The molecule has 0 bridgehead atoms. The number of rotatable bonds is 6. The molecule has 1 atom stereocenters. The molecule has 1 N–H and O–H groups in total. The predicted molar refractivity (Wildman–Crippen MR) is 82.6 cm³/mol. The highest BCUT2D eigenvalue weighted by molar-refractivity contribution is 5.89. The van der Waals surface area contributed by atoms with Crippen LogP contribution in [0, 0.1) is 11.3 Å². The summed E-state index contributed by atoms with van der Waals surface area (Å²) in [6.45, 7) is 2.02. The Morgan fingerprint density at radius 2 is 2.04 bits per heavy atom. The van der Waals surface area contributed by atoms with Gasteiger partial charge < -0.3 is 14.6 Å². The quantitative estimate of drug-likeness (QED) is 0.817. The second kappa shape index (κ2) is 6.86. The molecule has 0 aromatic heterocycles. The number of aliphatic carboxylic acids is 1. The Hall–Kier alpha value is -2.63. The normalized spacial score (nSPS) is 21.2. The van der Waals surface area contributed by atoms with Gasteiger partial charge in [-0.3, -0.25) is 9.80 Å². The third-order valence-corrected chi connectivity index (χ3v) is 4.01. The predicted octanol–water partition coefficient (Wildman–Crippen LogP) is 0.669. The van der Waals surface area contributed by atoms with Crippen molar-refractivity contribution in [2.24, 2.45) is 0 Å². The van der Waals surface area contributed by atoms with Crippen molar-refractivity contribution in [3.63, 3.8) is 0 Å². The van der Waals surface area contributed by atoms with E-state index in [1.54, 1.807) is 29.2 Å². The van der Waals surface area contributed by atoms with E-state index < -0.39 is 12.1 Å². The zero-order valence-electron chi connectivity index (χ0n) is 12.9. The van der Waals surface area contributed by atoms with E-state index in [4.69, 9.17) is 19.8 Å². The molecule has 2 aliphatic heterocycles. The fraction of sp³-hybridized carbons (Fsp3) is 0.438. The minimum atomic E-state index is -0.976. The molecule has 8 heteroatoms. The largest absolute Gasteiger partial charge is 0.480 e. The van der Waals surface area contributed by atoms with Crippen LogP contribution in [0.1, 0.15) is 5.56 Å². The first-order chi connectivity index (χ1) is 11.5. The van der Waals surface area contributed by atoms with Crippen LogP contribution < -0.4 is 4.90 Å². The number of benzene rings is 1. The van der Waals surface area contributed by atoms with Crippen LogP contribution in [0.3, 0.4) is 0 Å². The van der Waals surface area contributed by atoms with Gasteiger partial charge in [-0.25, -0.2) is 9.59 Å². The maximum absolute atomic E-state index is 12.0. The summed E-state index contributed by atoms with van der Waals surface area (Å²) in [6, 6.07) is 8.81. The van der Waals surface area contributed by atoms with Crippen molar-refractivity contribution in [1.29, 1.82) is 5.26 Å². The molecule has 2 saturated heterocycles. The van der Waals surface area contributed by atoms with Gasteiger partial charge in [0.1, 0.15) is 12.7 Å². The number of likely N-dealkylation sites (tertiary alicyclic amines) is 1. The van der Waals surface area contributed by atoms with Crippen molar-refractivity contribution in [3.8, 4) is 6.07 Å². The molecule has 8 nitrogen and oxygen atoms in total. The Kier molecular flexibility index (Phi) is 4.64. The number of nitrogens with zero attached hydrogens (tertiary/aromatic N) is 3. The Bertz CT molecular complexity index is 663. The van der Waals surface area contributed by atoms with Gasteiger partial charge >= 0.3 is 12.1 Å². The van der Waals surface area contributed by atoms with Crippen molar-refractivity contribution < 1.29 is 24.2 Å². The van der Waals surface area contributed by atoms with Gasteiger partial charge in [0, 0.05) is 25.3 Å². The van der Waals surface area contributed by atoms with E-state index >= 15 is 0 Å². The van der Waals surface area contributed by atoms with Crippen molar-refractivity contribution >= 4 is 17.7 Å². The van der Waals surface area contributed by atoms with Crippen molar-refractivity contribution in [1.82, 2.24) is 4.90 Å². The topological polar surface area (TPSA) is 103 Å². The molecule has 0 spiro atoms. The molecule has 2 fully saturated rings. The van der Waals surface area contributed by atoms with Crippen LogP contribution in [0.4, 0.5) is 10.5 Å². The maximum atomic E-state index is 12.0. The SMILES string of the molecule is N#Cc1ccc(N2CC(CN3CC(OCC(=O)O)C3)OC2=O)cc1. The van der Waals surface area contributed by atoms with Crippen LogP contribution in [0.5, 0.6) is 0 Å². The molecular formula is C16H17N3O5. The lowest BCUT2D eigenvalue weighted by atomic mass is 10.1. The lowest BCUT2D eigenvalue weighted by molar-refractivity contribution is -0.149. The van der Waals surface area contributed by atoms with Gasteiger partial charge in [-0.15, -0.1) is 0 Å². The molecule has 0 aliphatic carbocycles. The maximum Gasteiger partial charge on any atom is 0.414 e. The number of carboxylic acids is 1. The monoisotopic (exact) mass is 331 g/mol. The van der Waals surface area contributed by atoms with Crippen LogP contribution in [0.2, 0.25) is 0 Å². The molecule has 2 aliphatic rings. The van der Waals surface area contributed by atoms with E-state index in [1.807, 2.05) is 6.07 Å². The fourth-order valence-electron chi connectivity index (χ4n) is 2.80. The first-order valence-electron chi connectivity index (χ1n) is 7.59. The summed E-state index contributed by atoms with van der Waals surface area (Å²) < 4.78 is 10.6. The Balaban J connectivity index is 1.47. The summed E-state index contributed by atoms with van der Waals surface area (Å²) in [5, 5.41) is 17.4. The van der Waals surface area contributed by atoms with Gasteiger partial charge in [0.05, 0.1) is 24.3 Å². The molecule has 1 unspecified atom stereocenters. The number of nitriles is 1. The van der Waals surface area contributed by atoms with Crippen LogP contribution in [-0.4, -0.2) is 67.1 Å². The van der Waals surface area contributed by atoms with Gasteiger partial charge in [0.15, 0.2) is 0 Å². The van der Waals surface area contributed by atoms with E-state index in [0.717, 1.165) is 0 Å². The minimum Gasteiger partial charge on any atom is -0.480 e. The van der Waals surface area contributed by atoms with Crippen LogP contribution >= 0.6 is 0 Å². The van der Waals surface area contributed by atoms with Gasteiger partial charge in [-0.2, -0.15) is 5.26 Å². The smallest absolute Gasteiger partial charge is 0.414 e. The third kappa shape index (κ3) is 3.64. The number of amides is 1. The van der Waals surface area contributed by atoms with Crippen molar-refractivity contribution in [3.05, 3.63) is 29.8 Å².